The maximum absolute atomic E-state index is 12.4. The Labute approximate surface area is 185 Å². The molecule has 32 heavy (non-hydrogen) atoms. The van der Waals surface area contributed by atoms with Crippen LogP contribution in [0.1, 0.15) is 32.6 Å². The van der Waals surface area contributed by atoms with Crippen molar-refractivity contribution in [3.05, 3.63) is 63.0 Å². The van der Waals surface area contributed by atoms with Gasteiger partial charge in [0.2, 0.25) is 0 Å². The summed E-state index contributed by atoms with van der Waals surface area (Å²) in [5.74, 6) is 0.558. The van der Waals surface area contributed by atoms with Crippen molar-refractivity contribution in [2.24, 2.45) is 7.05 Å². The van der Waals surface area contributed by atoms with Gasteiger partial charge in [-0.3, -0.25) is 14.9 Å². The molecule has 0 bridgehead atoms. The van der Waals surface area contributed by atoms with E-state index in [4.69, 9.17) is 4.74 Å². The zero-order chi connectivity index (χ0) is 23.0. The van der Waals surface area contributed by atoms with E-state index in [0.717, 1.165) is 18.8 Å². The van der Waals surface area contributed by atoms with Crippen molar-refractivity contribution in [1.29, 1.82) is 0 Å². The molecule has 1 saturated heterocycles. The van der Waals surface area contributed by atoms with Gasteiger partial charge in [-0.25, -0.2) is 9.97 Å². The predicted molar refractivity (Wildman–Crippen MR) is 122 cm³/mol. The summed E-state index contributed by atoms with van der Waals surface area (Å²) in [6.07, 6.45) is 3.85. The lowest BCUT2D eigenvalue weighted by Gasteiger charge is -2.36. The Morgan fingerprint density at radius 3 is 2.47 bits per heavy atom. The Kier molecular flexibility index (Phi) is 5.79. The molecule has 2 aromatic heterocycles. The minimum absolute atomic E-state index is 0.0403. The summed E-state index contributed by atoms with van der Waals surface area (Å²) in [6.45, 7) is 7.53. The summed E-state index contributed by atoms with van der Waals surface area (Å²) < 4.78 is 7.24. The summed E-state index contributed by atoms with van der Waals surface area (Å²) in [4.78, 5) is 34.4. The van der Waals surface area contributed by atoms with Crippen LogP contribution >= 0.6 is 0 Å². The monoisotopic (exact) mass is 438 g/mol. The molecule has 0 spiro atoms. The number of nitro benzene ring substituents is 1. The van der Waals surface area contributed by atoms with Crippen molar-refractivity contribution >= 4 is 28.0 Å². The molecule has 1 N–H and O–H groups in total. The van der Waals surface area contributed by atoms with Gasteiger partial charge in [0.05, 0.1) is 46.8 Å². The summed E-state index contributed by atoms with van der Waals surface area (Å²) in [6, 6.07) is 5.56. The Balaban J connectivity index is 1.60. The van der Waals surface area contributed by atoms with Gasteiger partial charge in [-0.05, 0) is 26.8 Å². The number of pyridine rings is 1. The van der Waals surface area contributed by atoms with E-state index in [1.54, 1.807) is 25.5 Å². The molecule has 10 heteroatoms. The fourth-order valence-corrected chi connectivity index (χ4v) is 4.09. The fraction of sp³-hybridized carbons (Fsp3) is 0.409. The van der Waals surface area contributed by atoms with E-state index < -0.39 is 4.92 Å². The van der Waals surface area contributed by atoms with Crippen LogP contribution in [0.3, 0.4) is 0 Å². The maximum Gasteiger partial charge on any atom is 0.270 e. The second kappa shape index (κ2) is 8.54. The molecule has 1 aliphatic heterocycles. The minimum Gasteiger partial charge on any atom is -0.375 e. The van der Waals surface area contributed by atoms with Crippen molar-refractivity contribution in [3.63, 3.8) is 0 Å². The third kappa shape index (κ3) is 4.26. The first-order chi connectivity index (χ1) is 15.2. The topological polar surface area (TPSA) is 115 Å². The average molecular weight is 438 g/mol. The molecular weight excluding hydrogens is 412 g/mol. The largest absolute Gasteiger partial charge is 0.375 e. The lowest BCUT2D eigenvalue weighted by molar-refractivity contribution is -0.384. The second-order valence-corrected chi connectivity index (χ2v) is 8.24. The lowest BCUT2D eigenvalue weighted by atomic mass is 10.1. The van der Waals surface area contributed by atoms with Crippen LogP contribution in [0.15, 0.2) is 41.5 Å². The van der Waals surface area contributed by atoms with Gasteiger partial charge < -0.3 is 19.5 Å². The van der Waals surface area contributed by atoms with Crippen LogP contribution in [0.25, 0.3) is 10.9 Å². The molecule has 0 radical (unpaired) electrons. The average Bonchev–Trinajstić information content (AvgIpc) is 2.76. The number of nitro groups is 1. The molecule has 10 nitrogen and oxygen atoms in total. The molecule has 3 atom stereocenters. The van der Waals surface area contributed by atoms with Crippen LogP contribution in [-0.4, -0.2) is 44.8 Å². The van der Waals surface area contributed by atoms with E-state index in [0.29, 0.717) is 22.4 Å². The maximum atomic E-state index is 12.4. The number of ether oxygens (including phenoxy) is 1. The first-order valence-corrected chi connectivity index (χ1v) is 10.5. The van der Waals surface area contributed by atoms with Gasteiger partial charge in [0.25, 0.3) is 11.2 Å². The number of morpholine rings is 1. The van der Waals surface area contributed by atoms with Crippen molar-refractivity contribution in [1.82, 2.24) is 14.5 Å². The molecule has 0 aliphatic carbocycles. The highest BCUT2D eigenvalue weighted by Crippen LogP contribution is 2.28. The smallest absolute Gasteiger partial charge is 0.270 e. The molecule has 4 rings (SSSR count). The van der Waals surface area contributed by atoms with Gasteiger partial charge in [0.1, 0.15) is 5.82 Å². The van der Waals surface area contributed by atoms with Crippen LogP contribution < -0.4 is 15.8 Å². The number of non-ortho nitro benzene ring substituents is 1. The SMILES string of the molecule is CC(Nc1cc(=O)n(C)c2ccc([N+](=O)[O-])cc12)c1ncc(N2C[C@@H](C)O[C@@H](C)C2)cn1. The van der Waals surface area contributed by atoms with Crippen molar-refractivity contribution in [2.45, 2.75) is 39.0 Å². The van der Waals surface area contributed by atoms with Gasteiger partial charge >= 0.3 is 0 Å². The quantitative estimate of drug-likeness (QED) is 0.477. The van der Waals surface area contributed by atoms with Crippen LogP contribution in [-0.2, 0) is 11.8 Å². The number of hydrogen-bond acceptors (Lipinski definition) is 8. The standard InChI is InChI=1S/C22H26N6O4/c1-13-11-27(12-14(2)32-13)17-9-23-22(24-10-17)15(3)25-19-8-21(29)26(4)20-6-5-16(28(30)31)7-18(19)20/h5-10,13-15,25H,11-12H2,1-4H3/t13-,14+,15?. The normalized spacial score (nSPS) is 19.7. The van der Waals surface area contributed by atoms with Gasteiger partial charge in [0.15, 0.2) is 0 Å². The Hall–Kier alpha value is -3.53. The van der Waals surface area contributed by atoms with E-state index in [1.807, 2.05) is 20.8 Å². The number of nitrogens with zero attached hydrogens (tertiary/aromatic N) is 5. The highest BCUT2D eigenvalue weighted by Gasteiger charge is 2.23. The lowest BCUT2D eigenvalue weighted by Crippen LogP contribution is -2.45. The van der Waals surface area contributed by atoms with Crippen molar-refractivity contribution in [2.75, 3.05) is 23.3 Å². The van der Waals surface area contributed by atoms with E-state index in [2.05, 4.69) is 20.2 Å². The number of fused-ring (bicyclic) bond motifs is 1. The van der Waals surface area contributed by atoms with Crippen LogP contribution in [0.4, 0.5) is 17.1 Å². The van der Waals surface area contributed by atoms with Gasteiger partial charge in [-0.1, -0.05) is 0 Å². The predicted octanol–water partition coefficient (Wildman–Crippen LogP) is 3.02. The van der Waals surface area contributed by atoms with Gasteiger partial charge in [0, 0.05) is 49.4 Å². The Morgan fingerprint density at radius 1 is 1.19 bits per heavy atom. The number of aromatic nitrogens is 3. The molecule has 1 fully saturated rings. The third-order valence-electron chi connectivity index (χ3n) is 5.64. The highest BCUT2D eigenvalue weighted by molar-refractivity contribution is 5.93. The van der Waals surface area contributed by atoms with Crippen LogP contribution in [0.5, 0.6) is 0 Å². The summed E-state index contributed by atoms with van der Waals surface area (Å²) in [5.41, 5.74) is 1.78. The number of aryl methyl sites for hydroxylation is 1. The van der Waals surface area contributed by atoms with Gasteiger partial charge in [-0.15, -0.1) is 0 Å². The molecule has 1 unspecified atom stereocenters. The number of rotatable bonds is 5. The summed E-state index contributed by atoms with van der Waals surface area (Å²) in [7, 11) is 1.64. The fourth-order valence-electron chi connectivity index (χ4n) is 4.09. The zero-order valence-electron chi connectivity index (χ0n) is 18.5. The number of hydrogen-bond donors (Lipinski definition) is 1. The first kappa shape index (κ1) is 21.7. The zero-order valence-corrected chi connectivity index (χ0v) is 18.5. The van der Waals surface area contributed by atoms with E-state index >= 15 is 0 Å². The molecule has 0 amide bonds. The first-order valence-electron chi connectivity index (χ1n) is 10.5. The minimum atomic E-state index is -0.451. The second-order valence-electron chi connectivity index (χ2n) is 8.24. The molecule has 3 heterocycles. The van der Waals surface area contributed by atoms with E-state index in [-0.39, 0.29) is 29.5 Å². The molecule has 3 aromatic rings. The number of benzene rings is 1. The number of anilines is 2. The van der Waals surface area contributed by atoms with E-state index in [9.17, 15) is 14.9 Å². The molecule has 1 aromatic carbocycles. The highest BCUT2D eigenvalue weighted by atomic mass is 16.6. The number of nitrogens with one attached hydrogen (secondary N) is 1. The summed E-state index contributed by atoms with van der Waals surface area (Å²) in [5, 5.41) is 15.1. The van der Waals surface area contributed by atoms with Crippen LogP contribution in [0.2, 0.25) is 0 Å². The Morgan fingerprint density at radius 2 is 1.84 bits per heavy atom. The molecule has 168 valence electrons. The van der Waals surface area contributed by atoms with Gasteiger partial charge in [-0.2, -0.15) is 0 Å². The van der Waals surface area contributed by atoms with Crippen molar-refractivity contribution in [3.8, 4) is 0 Å². The van der Waals surface area contributed by atoms with E-state index in [1.165, 1.54) is 22.8 Å². The summed E-state index contributed by atoms with van der Waals surface area (Å²) >= 11 is 0. The van der Waals surface area contributed by atoms with Crippen LogP contribution in [0, 0.1) is 10.1 Å². The van der Waals surface area contributed by atoms with Crippen molar-refractivity contribution < 1.29 is 9.66 Å². The third-order valence-corrected chi connectivity index (χ3v) is 5.64. The Bertz CT molecular complexity index is 1200. The molecule has 1 aliphatic rings. The molecular formula is C22H26N6O4. The molecule has 0 saturated carbocycles.